The van der Waals surface area contributed by atoms with Crippen LogP contribution in [0.5, 0.6) is 0 Å². The standard InChI is InChI=1S/C27H29N3O3/c1-18-7-5-9-21(15-18)29-14-13-28(17-19(29)2)25(31)20-8-6-10-22(16-20)30-26(32)23-11-3-4-12-24(23)27(30)33/h3-10,15-16,19,23-24H,11-14,17H2,1-2H3/t19-,23-,24+/m1/s1. The maximum atomic E-state index is 13.3. The Balaban J connectivity index is 1.32. The Kier molecular flexibility index (Phi) is 5.52. The van der Waals surface area contributed by atoms with Gasteiger partial charge in [-0.05, 0) is 62.6 Å². The van der Waals surface area contributed by atoms with Crippen molar-refractivity contribution in [3.05, 3.63) is 71.8 Å². The average Bonchev–Trinajstić information content (AvgIpc) is 3.08. The molecule has 0 radical (unpaired) electrons. The molecule has 2 aromatic rings. The second kappa shape index (κ2) is 8.50. The molecule has 2 aliphatic heterocycles. The molecule has 0 spiro atoms. The summed E-state index contributed by atoms with van der Waals surface area (Å²) in [7, 11) is 0. The van der Waals surface area contributed by atoms with E-state index in [1.54, 1.807) is 24.3 Å². The number of imide groups is 1. The zero-order valence-corrected chi connectivity index (χ0v) is 19.1. The van der Waals surface area contributed by atoms with E-state index >= 15 is 0 Å². The van der Waals surface area contributed by atoms with E-state index in [4.69, 9.17) is 0 Å². The van der Waals surface area contributed by atoms with Gasteiger partial charge in [0, 0.05) is 36.9 Å². The van der Waals surface area contributed by atoms with Crippen LogP contribution in [-0.4, -0.2) is 48.3 Å². The topological polar surface area (TPSA) is 60.9 Å². The SMILES string of the molecule is Cc1cccc(N2CCN(C(=O)c3cccc(N4C(=O)[C@H]5CC=CC[C@H]5C4=O)c3)C[C@H]2C)c1. The number of aryl methyl sites for hydroxylation is 1. The maximum absolute atomic E-state index is 13.3. The number of carbonyl (C=O) groups is 3. The van der Waals surface area contributed by atoms with Gasteiger partial charge in [-0.1, -0.05) is 30.4 Å². The van der Waals surface area contributed by atoms with Gasteiger partial charge in [0.15, 0.2) is 0 Å². The first-order valence-electron chi connectivity index (χ1n) is 11.7. The Hall–Kier alpha value is -3.41. The summed E-state index contributed by atoms with van der Waals surface area (Å²) in [5.41, 5.74) is 3.41. The largest absolute Gasteiger partial charge is 0.365 e. The fraction of sp³-hybridized carbons (Fsp3) is 0.370. The number of carbonyl (C=O) groups excluding carboxylic acids is 3. The zero-order chi connectivity index (χ0) is 23.1. The molecule has 0 aromatic heterocycles. The maximum Gasteiger partial charge on any atom is 0.254 e. The van der Waals surface area contributed by atoms with Gasteiger partial charge in [0.25, 0.3) is 5.91 Å². The molecular formula is C27H29N3O3. The quantitative estimate of drug-likeness (QED) is 0.535. The first-order valence-corrected chi connectivity index (χ1v) is 11.7. The lowest BCUT2D eigenvalue weighted by Crippen LogP contribution is -2.53. The number of amides is 3. The van der Waals surface area contributed by atoms with E-state index in [2.05, 4.69) is 43.0 Å². The summed E-state index contributed by atoms with van der Waals surface area (Å²) in [4.78, 5) is 44.7. The van der Waals surface area contributed by atoms with Gasteiger partial charge < -0.3 is 9.80 Å². The smallest absolute Gasteiger partial charge is 0.254 e. The van der Waals surface area contributed by atoms with Crippen LogP contribution >= 0.6 is 0 Å². The van der Waals surface area contributed by atoms with Crippen LogP contribution in [0.2, 0.25) is 0 Å². The van der Waals surface area contributed by atoms with Gasteiger partial charge in [0.2, 0.25) is 11.8 Å². The third kappa shape index (κ3) is 3.84. The molecule has 6 nitrogen and oxygen atoms in total. The zero-order valence-electron chi connectivity index (χ0n) is 19.1. The molecule has 2 saturated heterocycles. The van der Waals surface area contributed by atoms with Gasteiger partial charge in [0.1, 0.15) is 0 Å². The monoisotopic (exact) mass is 443 g/mol. The molecule has 1 aliphatic carbocycles. The van der Waals surface area contributed by atoms with E-state index in [0.717, 1.165) is 6.54 Å². The predicted molar refractivity (Wildman–Crippen MR) is 128 cm³/mol. The number of anilines is 2. The fourth-order valence-corrected chi connectivity index (χ4v) is 5.35. The summed E-state index contributed by atoms with van der Waals surface area (Å²) < 4.78 is 0. The van der Waals surface area contributed by atoms with Crippen molar-refractivity contribution in [3.63, 3.8) is 0 Å². The van der Waals surface area contributed by atoms with Crippen molar-refractivity contribution in [1.29, 1.82) is 0 Å². The third-order valence-electron chi connectivity index (χ3n) is 7.11. The van der Waals surface area contributed by atoms with Crippen LogP contribution < -0.4 is 9.80 Å². The number of fused-ring (bicyclic) bond motifs is 1. The van der Waals surface area contributed by atoms with E-state index in [9.17, 15) is 14.4 Å². The molecule has 0 N–H and O–H groups in total. The summed E-state index contributed by atoms with van der Waals surface area (Å²) in [6, 6.07) is 15.6. The van der Waals surface area contributed by atoms with Gasteiger partial charge in [-0.15, -0.1) is 0 Å². The number of nitrogens with zero attached hydrogens (tertiary/aromatic N) is 3. The highest BCUT2D eigenvalue weighted by Gasteiger charge is 2.47. The van der Waals surface area contributed by atoms with Gasteiger partial charge in [0.05, 0.1) is 17.5 Å². The van der Waals surface area contributed by atoms with Crippen LogP contribution in [0.15, 0.2) is 60.7 Å². The third-order valence-corrected chi connectivity index (χ3v) is 7.11. The van der Waals surface area contributed by atoms with Crippen molar-refractivity contribution in [2.24, 2.45) is 11.8 Å². The van der Waals surface area contributed by atoms with Gasteiger partial charge in [-0.3, -0.25) is 19.3 Å². The molecule has 3 atom stereocenters. The van der Waals surface area contributed by atoms with E-state index in [1.807, 2.05) is 17.1 Å². The molecular weight excluding hydrogens is 414 g/mol. The van der Waals surface area contributed by atoms with Crippen molar-refractivity contribution in [2.45, 2.75) is 32.7 Å². The summed E-state index contributed by atoms with van der Waals surface area (Å²) >= 11 is 0. The van der Waals surface area contributed by atoms with Crippen LogP contribution in [0.4, 0.5) is 11.4 Å². The highest BCUT2D eigenvalue weighted by atomic mass is 16.2. The Bertz CT molecular complexity index is 1110. The number of benzene rings is 2. The Morgan fingerprint density at radius 3 is 2.21 bits per heavy atom. The molecule has 2 aromatic carbocycles. The molecule has 0 unspecified atom stereocenters. The van der Waals surface area contributed by atoms with Crippen LogP contribution in [-0.2, 0) is 9.59 Å². The number of rotatable bonds is 3. The molecule has 5 rings (SSSR count). The lowest BCUT2D eigenvalue weighted by molar-refractivity contribution is -0.122. The minimum absolute atomic E-state index is 0.0641. The summed E-state index contributed by atoms with van der Waals surface area (Å²) in [6.45, 7) is 6.22. The summed E-state index contributed by atoms with van der Waals surface area (Å²) in [5, 5.41) is 0. The number of piperazine rings is 1. The van der Waals surface area contributed by atoms with Crippen LogP contribution in [0.3, 0.4) is 0 Å². The van der Waals surface area contributed by atoms with E-state index < -0.39 is 0 Å². The second-order valence-electron chi connectivity index (χ2n) is 9.35. The van der Waals surface area contributed by atoms with Crippen molar-refractivity contribution in [1.82, 2.24) is 4.90 Å². The van der Waals surface area contributed by atoms with Crippen molar-refractivity contribution in [2.75, 3.05) is 29.4 Å². The van der Waals surface area contributed by atoms with E-state index in [0.29, 0.717) is 37.2 Å². The summed E-state index contributed by atoms with van der Waals surface area (Å²) in [5.74, 6) is -0.931. The van der Waals surface area contributed by atoms with E-state index in [1.165, 1.54) is 16.2 Å². The fourth-order valence-electron chi connectivity index (χ4n) is 5.35. The van der Waals surface area contributed by atoms with Gasteiger partial charge in [-0.25, -0.2) is 0 Å². The minimum Gasteiger partial charge on any atom is -0.365 e. The molecule has 170 valence electrons. The van der Waals surface area contributed by atoms with Crippen molar-refractivity contribution >= 4 is 29.1 Å². The van der Waals surface area contributed by atoms with Crippen LogP contribution in [0, 0.1) is 18.8 Å². The summed E-state index contributed by atoms with van der Waals surface area (Å²) in [6.07, 6.45) is 5.17. The molecule has 2 fully saturated rings. The molecule has 0 bridgehead atoms. The van der Waals surface area contributed by atoms with Crippen LogP contribution in [0.25, 0.3) is 0 Å². The normalized spacial score (nSPS) is 24.9. The Morgan fingerprint density at radius 2 is 1.55 bits per heavy atom. The first kappa shape index (κ1) is 21.4. The van der Waals surface area contributed by atoms with Gasteiger partial charge >= 0.3 is 0 Å². The lowest BCUT2D eigenvalue weighted by Gasteiger charge is -2.41. The van der Waals surface area contributed by atoms with Crippen LogP contribution in [0.1, 0.15) is 35.7 Å². The average molecular weight is 444 g/mol. The Morgan fingerprint density at radius 1 is 0.879 bits per heavy atom. The van der Waals surface area contributed by atoms with Crippen molar-refractivity contribution < 1.29 is 14.4 Å². The van der Waals surface area contributed by atoms with Gasteiger partial charge in [-0.2, -0.15) is 0 Å². The van der Waals surface area contributed by atoms with E-state index in [-0.39, 0.29) is 35.6 Å². The molecule has 3 aliphatic rings. The highest BCUT2D eigenvalue weighted by Crippen LogP contribution is 2.38. The highest BCUT2D eigenvalue weighted by molar-refractivity contribution is 6.22. The first-order chi connectivity index (χ1) is 15.9. The molecule has 0 saturated carbocycles. The van der Waals surface area contributed by atoms with Crippen molar-refractivity contribution in [3.8, 4) is 0 Å². The Labute approximate surface area is 194 Å². The number of hydrogen-bond donors (Lipinski definition) is 0. The number of allylic oxidation sites excluding steroid dienone is 2. The second-order valence-corrected chi connectivity index (χ2v) is 9.35. The minimum atomic E-state index is -0.280. The lowest BCUT2D eigenvalue weighted by atomic mass is 9.85. The molecule has 3 amide bonds. The molecule has 6 heteroatoms. The predicted octanol–water partition coefficient (Wildman–Crippen LogP) is 3.80. The number of hydrogen-bond acceptors (Lipinski definition) is 4. The molecule has 33 heavy (non-hydrogen) atoms. The molecule has 2 heterocycles.